The van der Waals surface area contributed by atoms with Crippen LogP contribution in [0.2, 0.25) is 0 Å². The zero-order valence-corrected chi connectivity index (χ0v) is 12.2. The molecule has 0 aromatic heterocycles. The normalized spacial score (nSPS) is 15.4. The van der Waals surface area contributed by atoms with Crippen molar-refractivity contribution in [2.45, 2.75) is 52.1 Å². The third-order valence-corrected chi connectivity index (χ3v) is 3.11. The molecular formula is C13H26N2O4. The molecule has 112 valence electrons. The van der Waals surface area contributed by atoms with Gasteiger partial charge in [0.05, 0.1) is 12.6 Å². The lowest BCUT2D eigenvalue weighted by atomic mass is 9.99. The summed E-state index contributed by atoms with van der Waals surface area (Å²) in [6.07, 6.45) is 2.40. The van der Waals surface area contributed by atoms with Crippen LogP contribution in [0.1, 0.15) is 40.0 Å². The summed E-state index contributed by atoms with van der Waals surface area (Å²) in [5.74, 6) is -1.13. The Hall–Kier alpha value is -1.30. The van der Waals surface area contributed by atoms with Crippen LogP contribution in [-0.2, 0) is 9.53 Å². The minimum atomic E-state index is -1.01. The quantitative estimate of drug-likeness (QED) is 0.596. The average Bonchev–Trinajstić information content (AvgIpc) is 2.35. The molecule has 1 unspecified atom stereocenters. The molecule has 0 heterocycles. The molecule has 3 N–H and O–H groups in total. The Kier molecular flexibility index (Phi) is 8.95. The smallest absolute Gasteiger partial charge is 0.326 e. The van der Waals surface area contributed by atoms with Crippen LogP contribution in [0.25, 0.3) is 0 Å². The monoisotopic (exact) mass is 274 g/mol. The molecule has 6 nitrogen and oxygen atoms in total. The van der Waals surface area contributed by atoms with Crippen molar-refractivity contribution >= 4 is 12.0 Å². The molecule has 0 bridgehead atoms. The van der Waals surface area contributed by atoms with E-state index in [2.05, 4.69) is 10.6 Å². The van der Waals surface area contributed by atoms with E-state index in [0.29, 0.717) is 13.0 Å². The van der Waals surface area contributed by atoms with Gasteiger partial charge in [-0.3, -0.25) is 0 Å². The van der Waals surface area contributed by atoms with E-state index >= 15 is 0 Å². The predicted molar refractivity (Wildman–Crippen MR) is 73.1 cm³/mol. The minimum absolute atomic E-state index is 0.0959. The predicted octanol–water partition coefficient (Wildman–Crippen LogP) is 1.60. The topological polar surface area (TPSA) is 87.7 Å². The van der Waals surface area contributed by atoms with Crippen LogP contribution in [0, 0.1) is 5.92 Å². The Morgan fingerprint density at radius 3 is 2.32 bits per heavy atom. The first-order valence-electron chi connectivity index (χ1n) is 6.74. The van der Waals surface area contributed by atoms with Gasteiger partial charge in [0.25, 0.3) is 0 Å². The van der Waals surface area contributed by atoms with Gasteiger partial charge in [0.15, 0.2) is 0 Å². The van der Waals surface area contributed by atoms with Gasteiger partial charge in [-0.2, -0.15) is 0 Å². The molecule has 0 aromatic carbocycles. The fraction of sp³-hybridized carbons (Fsp3) is 0.846. The number of rotatable bonds is 9. The molecule has 0 aliphatic heterocycles. The number of methoxy groups -OCH3 is 1. The number of urea groups is 1. The van der Waals surface area contributed by atoms with Gasteiger partial charge < -0.3 is 20.5 Å². The number of carboxylic acids is 1. The van der Waals surface area contributed by atoms with Crippen LogP contribution in [0.15, 0.2) is 0 Å². The van der Waals surface area contributed by atoms with Crippen molar-refractivity contribution in [3.8, 4) is 0 Å². The fourth-order valence-corrected chi connectivity index (χ4v) is 1.80. The van der Waals surface area contributed by atoms with Crippen molar-refractivity contribution in [2.75, 3.05) is 13.7 Å². The van der Waals surface area contributed by atoms with Gasteiger partial charge in [-0.25, -0.2) is 9.59 Å². The van der Waals surface area contributed by atoms with Crippen molar-refractivity contribution in [2.24, 2.45) is 5.92 Å². The summed E-state index contributed by atoms with van der Waals surface area (Å²) in [4.78, 5) is 22.9. The van der Waals surface area contributed by atoms with Crippen LogP contribution >= 0.6 is 0 Å². The third kappa shape index (κ3) is 7.00. The van der Waals surface area contributed by atoms with Gasteiger partial charge in [0.2, 0.25) is 0 Å². The summed E-state index contributed by atoms with van der Waals surface area (Å²) in [6, 6.07) is -1.42. The molecule has 0 fully saturated rings. The molecule has 2 amide bonds. The zero-order chi connectivity index (χ0) is 14.8. The Bertz CT molecular complexity index is 278. The van der Waals surface area contributed by atoms with Gasteiger partial charge in [0.1, 0.15) is 6.04 Å². The van der Waals surface area contributed by atoms with Gasteiger partial charge in [0, 0.05) is 7.11 Å². The van der Waals surface area contributed by atoms with Crippen molar-refractivity contribution in [3.05, 3.63) is 0 Å². The average molecular weight is 274 g/mol. The van der Waals surface area contributed by atoms with E-state index in [1.165, 1.54) is 0 Å². The number of aliphatic carboxylic acids is 1. The number of carbonyl (C=O) groups excluding carboxylic acids is 1. The molecule has 19 heavy (non-hydrogen) atoms. The SMILES string of the molecule is CCCC(COC)NC(=O)N[C@H](C(=O)O)[C@@H](C)CC. The molecule has 6 heteroatoms. The summed E-state index contributed by atoms with van der Waals surface area (Å²) in [7, 11) is 1.57. The number of carboxylic acid groups (broad SMARTS) is 1. The van der Waals surface area contributed by atoms with E-state index in [-0.39, 0.29) is 12.0 Å². The highest BCUT2D eigenvalue weighted by atomic mass is 16.5. The van der Waals surface area contributed by atoms with Crippen molar-refractivity contribution in [1.29, 1.82) is 0 Å². The second kappa shape index (κ2) is 9.61. The molecule has 0 rings (SSSR count). The van der Waals surface area contributed by atoms with Gasteiger partial charge >= 0.3 is 12.0 Å². The van der Waals surface area contributed by atoms with Crippen LogP contribution in [0.4, 0.5) is 4.79 Å². The molecular weight excluding hydrogens is 248 g/mol. The highest BCUT2D eigenvalue weighted by Gasteiger charge is 2.25. The summed E-state index contributed by atoms with van der Waals surface area (Å²) in [5.41, 5.74) is 0. The highest BCUT2D eigenvalue weighted by Crippen LogP contribution is 2.08. The molecule has 0 saturated heterocycles. The Labute approximate surface area is 114 Å². The first-order valence-corrected chi connectivity index (χ1v) is 6.74. The number of carbonyl (C=O) groups is 2. The molecule has 0 radical (unpaired) electrons. The van der Waals surface area contributed by atoms with Gasteiger partial charge in [-0.1, -0.05) is 33.6 Å². The standard InChI is InChI=1S/C13H26N2O4/c1-5-7-10(8-19-4)14-13(18)15-11(12(16)17)9(3)6-2/h9-11H,5-8H2,1-4H3,(H,16,17)(H2,14,15,18)/t9-,10?,11-/m0/s1. The zero-order valence-electron chi connectivity index (χ0n) is 12.2. The molecule has 0 spiro atoms. The van der Waals surface area contributed by atoms with E-state index in [4.69, 9.17) is 9.84 Å². The van der Waals surface area contributed by atoms with Crippen molar-refractivity contribution in [3.63, 3.8) is 0 Å². The minimum Gasteiger partial charge on any atom is -0.480 e. The van der Waals surface area contributed by atoms with Crippen LogP contribution < -0.4 is 10.6 Å². The van der Waals surface area contributed by atoms with E-state index in [1.807, 2.05) is 13.8 Å². The number of hydrogen-bond donors (Lipinski definition) is 3. The van der Waals surface area contributed by atoms with E-state index in [1.54, 1.807) is 14.0 Å². The largest absolute Gasteiger partial charge is 0.480 e. The number of amides is 2. The third-order valence-electron chi connectivity index (χ3n) is 3.11. The lowest BCUT2D eigenvalue weighted by molar-refractivity contribution is -0.140. The van der Waals surface area contributed by atoms with Crippen LogP contribution in [-0.4, -0.2) is 42.9 Å². The fourth-order valence-electron chi connectivity index (χ4n) is 1.80. The van der Waals surface area contributed by atoms with Crippen molar-refractivity contribution in [1.82, 2.24) is 10.6 Å². The first-order chi connectivity index (χ1) is 8.96. The van der Waals surface area contributed by atoms with Gasteiger partial charge in [-0.15, -0.1) is 0 Å². The van der Waals surface area contributed by atoms with E-state index < -0.39 is 18.0 Å². The molecule has 0 aromatic rings. The number of ether oxygens (including phenoxy) is 1. The summed E-state index contributed by atoms with van der Waals surface area (Å²) in [5, 5.41) is 14.4. The Morgan fingerprint density at radius 2 is 1.89 bits per heavy atom. The number of nitrogens with one attached hydrogen (secondary N) is 2. The molecule has 3 atom stereocenters. The van der Waals surface area contributed by atoms with E-state index in [0.717, 1.165) is 12.8 Å². The summed E-state index contributed by atoms with van der Waals surface area (Å²) < 4.78 is 5.02. The molecule has 0 aliphatic rings. The van der Waals surface area contributed by atoms with Crippen LogP contribution in [0.5, 0.6) is 0 Å². The van der Waals surface area contributed by atoms with Gasteiger partial charge in [-0.05, 0) is 12.3 Å². The Morgan fingerprint density at radius 1 is 1.26 bits per heavy atom. The summed E-state index contributed by atoms with van der Waals surface area (Å²) >= 11 is 0. The second-order valence-corrected chi connectivity index (χ2v) is 4.76. The van der Waals surface area contributed by atoms with E-state index in [9.17, 15) is 9.59 Å². The Balaban J connectivity index is 4.42. The molecule has 0 saturated carbocycles. The van der Waals surface area contributed by atoms with Crippen LogP contribution in [0.3, 0.4) is 0 Å². The lowest BCUT2D eigenvalue weighted by Crippen LogP contribution is -2.52. The maximum atomic E-state index is 11.8. The maximum Gasteiger partial charge on any atom is 0.326 e. The highest BCUT2D eigenvalue weighted by molar-refractivity contribution is 5.82. The second-order valence-electron chi connectivity index (χ2n) is 4.76. The maximum absolute atomic E-state index is 11.8. The number of hydrogen-bond acceptors (Lipinski definition) is 3. The molecule has 0 aliphatic carbocycles. The summed E-state index contributed by atoms with van der Waals surface area (Å²) in [6.45, 7) is 6.13. The van der Waals surface area contributed by atoms with Crippen molar-refractivity contribution < 1.29 is 19.4 Å². The lowest BCUT2D eigenvalue weighted by Gasteiger charge is -2.23. The first kappa shape index (κ1) is 17.7.